The maximum atomic E-state index is 12.7. The molecule has 9 heteroatoms. The zero-order valence-corrected chi connectivity index (χ0v) is 12.3. The summed E-state index contributed by atoms with van der Waals surface area (Å²) in [6.07, 6.45) is -4.69. The summed E-state index contributed by atoms with van der Waals surface area (Å²) in [5, 5.41) is 8.83. The molecule has 0 aliphatic heterocycles. The van der Waals surface area contributed by atoms with Crippen molar-refractivity contribution in [1.82, 2.24) is 4.31 Å². The second-order valence-corrected chi connectivity index (χ2v) is 6.48. The Bertz CT molecular complexity index is 655. The molecule has 0 spiro atoms. The molecule has 1 N–H and O–H groups in total. The minimum Gasteiger partial charge on any atom is -0.480 e. The van der Waals surface area contributed by atoms with Crippen LogP contribution in [0.3, 0.4) is 0 Å². The molecule has 1 atom stereocenters. The summed E-state index contributed by atoms with van der Waals surface area (Å²) in [7, 11) is -3.34. The maximum absolute atomic E-state index is 12.7. The highest BCUT2D eigenvalue weighted by Crippen LogP contribution is 2.32. The van der Waals surface area contributed by atoms with Crippen molar-refractivity contribution in [2.75, 3.05) is 7.05 Å². The second-order valence-electron chi connectivity index (χ2n) is 4.51. The third-order valence-electron chi connectivity index (χ3n) is 3.08. The van der Waals surface area contributed by atoms with Gasteiger partial charge in [-0.2, -0.15) is 17.5 Å². The van der Waals surface area contributed by atoms with E-state index in [0.29, 0.717) is 10.4 Å². The van der Waals surface area contributed by atoms with Gasteiger partial charge in [-0.1, -0.05) is 6.07 Å². The van der Waals surface area contributed by atoms with Crippen molar-refractivity contribution in [1.29, 1.82) is 0 Å². The lowest BCUT2D eigenvalue weighted by Gasteiger charge is -2.22. The van der Waals surface area contributed by atoms with Crippen LogP contribution >= 0.6 is 0 Å². The Balaban J connectivity index is 3.41. The van der Waals surface area contributed by atoms with E-state index in [-0.39, 0.29) is 5.56 Å². The van der Waals surface area contributed by atoms with Crippen molar-refractivity contribution in [3.05, 3.63) is 29.3 Å². The average molecular weight is 325 g/mol. The fourth-order valence-corrected chi connectivity index (χ4v) is 3.14. The third-order valence-corrected chi connectivity index (χ3v) is 5.15. The molecule has 5 nitrogen and oxygen atoms in total. The predicted octanol–water partition coefficient (Wildman–Crippen LogP) is 2.11. The van der Waals surface area contributed by atoms with Crippen molar-refractivity contribution in [3.63, 3.8) is 0 Å². The number of sulfonamides is 1. The van der Waals surface area contributed by atoms with Crippen molar-refractivity contribution in [2.24, 2.45) is 0 Å². The fraction of sp³-hybridized carbons (Fsp3) is 0.417. The van der Waals surface area contributed by atoms with Crippen LogP contribution in [-0.4, -0.2) is 36.9 Å². The number of halogens is 3. The number of rotatable bonds is 4. The second kappa shape index (κ2) is 5.64. The highest BCUT2D eigenvalue weighted by molar-refractivity contribution is 7.89. The molecule has 1 aromatic carbocycles. The summed E-state index contributed by atoms with van der Waals surface area (Å²) < 4.78 is 63.1. The lowest BCUT2D eigenvalue weighted by atomic mass is 10.1. The van der Waals surface area contributed by atoms with Gasteiger partial charge < -0.3 is 5.11 Å². The van der Waals surface area contributed by atoms with Crippen molar-refractivity contribution in [2.45, 2.75) is 31.0 Å². The number of carboxylic acids is 1. The van der Waals surface area contributed by atoms with Crippen LogP contribution in [-0.2, 0) is 21.0 Å². The molecule has 21 heavy (non-hydrogen) atoms. The molecule has 0 aliphatic rings. The molecule has 0 heterocycles. The van der Waals surface area contributed by atoms with E-state index < -0.39 is 38.7 Å². The molecule has 0 aliphatic carbocycles. The van der Waals surface area contributed by atoms with Crippen LogP contribution in [0.25, 0.3) is 0 Å². The van der Waals surface area contributed by atoms with Crippen LogP contribution in [0.15, 0.2) is 23.1 Å². The summed E-state index contributed by atoms with van der Waals surface area (Å²) >= 11 is 0. The Morgan fingerprint density at radius 1 is 1.33 bits per heavy atom. The van der Waals surface area contributed by atoms with E-state index in [1.165, 1.54) is 6.92 Å². The number of alkyl halides is 3. The van der Waals surface area contributed by atoms with Crippen molar-refractivity contribution < 1.29 is 31.5 Å². The van der Waals surface area contributed by atoms with Crippen LogP contribution in [0.5, 0.6) is 0 Å². The number of carbonyl (C=O) groups is 1. The Morgan fingerprint density at radius 2 is 1.86 bits per heavy atom. The van der Waals surface area contributed by atoms with Gasteiger partial charge in [-0.3, -0.25) is 4.79 Å². The van der Waals surface area contributed by atoms with Crippen molar-refractivity contribution in [3.8, 4) is 0 Å². The Kier molecular flexibility index (Phi) is 4.69. The standard InChI is InChI=1S/C12H14F3NO4S/c1-7-4-5-9(12(13,14)15)6-10(7)21(19,20)16(3)8(2)11(17)18/h4-6,8H,1-3H3,(H,17,18). The summed E-state index contributed by atoms with van der Waals surface area (Å²) in [6, 6.07) is 0.920. The zero-order chi connectivity index (χ0) is 16.6. The maximum Gasteiger partial charge on any atom is 0.416 e. The molecule has 0 fully saturated rings. The van der Waals surface area contributed by atoms with Gasteiger partial charge in [-0.05, 0) is 31.5 Å². The van der Waals surface area contributed by atoms with Gasteiger partial charge in [-0.15, -0.1) is 0 Å². The highest BCUT2D eigenvalue weighted by Gasteiger charge is 2.35. The number of hydrogen-bond donors (Lipinski definition) is 1. The molecular formula is C12H14F3NO4S. The van der Waals surface area contributed by atoms with Crippen LogP contribution in [0.1, 0.15) is 18.1 Å². The summed E-state index contributed by atoms with van der Waals surface area (Å²) in [5.41, 5.74) is -1.00. The lowest BCUT2D eigenvalue weighted by Crippen LogP contribution is -2.40. The van der Waals surface area contributed by atoms with Crippen LogP contribution < -0.4 is 0 Å². The molecule has 1 unspecified atom stereocenters. The first-order valence-electron chi connectivity index (χ1n) is 5.77. The Labute approximate surface area is 120 Å². The van der Waals surface area contributed by atoms with E-state index >= 15 is 0 Å². The summed E-state index contributed by atoms with van der Waals surface area (Å²) in [5.74, 6) is -1.40. The van der Waals surface area contributed by atoms with Crippen molar-refractivity contribution >= 4 is 16.0 Å². The first-order valence-corrected chi connectivity index (χ1v) is 7.21. The minimum absolute atomic E-state index is 0.104. The van der Waals surface area contributed by atoms with Gasteiger partial charge >= 0.3 is 12.1 Å². The Morgan fingerprint density at radius 3 is 2.29 bits per heavy atom. The smallest absolute Gasteiger partial charge is 0.416 e. The normalized spacial score (nSPS) is 14.2. The zero-order valence-electron chi connectivity index (χ0n) is 11.5. The molecular weight excluding hydrogens is 311 g/mol. The monoisotopic (exact) mass is 325 g/mol. The number of hydrogen-bond acceptors (Lipinski definition) is 3. The van der Waals surface area contributed by atoms with Gasteiger partial charge in [0.1, 0.15) is 6.04 Å². The van der Waals surface area contributed by atoms with Crippen LogP contribution in [0.4, 0.5) is 13.2 Å². The molecule has 118 valence electrons. The van der Waals surface area contributed by atoms with E-state index in [1.807, 2.05) is 0 Å². The quantitative estimate of drug-likeness (QED) is 0.920. The van der Waals surface area contributed by atoms with E-state index in [1.54, 1.807) is 0 Å². The topological polar surface area (TPSA) is 74.7 Å². The molecule has 0 amide bonds. The number of aryl methyl sites for hydroxylation is 1. The number of nitrogens with zero attached hydrogens (tertiary/aromatic N) is 1. The average Bonchev–Trinajstić information content (AvgIpc) is 2.35. The lowest BCUT2D eigenvalue weighted by molar-refractivity contribution is -0.140. The third kappa shape index (κ3) is 3.53. The molecule has 1 aromatic rings. The molecule has 0 saturated heterocycles. The molecule has 1 rings (SSSR count). The first kappa shape index (κ1) is 17.4. The molecule has 0 bridgehead atoms. The number of aliphatic carboxylic acids is 1. The summed E-state index contributed by atoms with van der Waals surface area (Å²) in [6.45, 7) is 2.47. The minimum atomic E-state index is -4.69. The Hall–Kier alpha value is -1.61. The summed E-state index contributed by atoms with van der Waals surface area (Å²) in [4.78, 5) is 10.3. The molecule has 0 aromatic heterocycles. The van der Waals surface area contributed by atoms with E-state index in [9.17, 15) is 26.4 Å². The predicted molar refractivity (Wildman–Crippen MR) is 68.2 cm³/mol. The van der Waals surface area contributed by atoms with Gasteiger partial charge in [-0.25, -0.2) is 8.42 Å². The van der Waals surface area contributed by atoms with Gasteiger partial charge in [0.15, 0.2) is 0 Å². The largest absolute Gasteiger partial charge is 0.480 e. The van der Waals surface area contributed by atoms with Crippen LogP contribution in [0.2, 0.25) is 0 Å². The SMILES string of the molecule is Cc1ccc(C(F)(F)F)cc1S(=O)(=O)N(C)C(C)C(=O)O. The number of carboxylic acid groups (broad SMARTS) is 1. The number of benzene rings is 1. The number of likely N-dealkylation sites (N-methyl/N-ethyl adjacent to an activating group) is 1. The first-order chi connectivity index (χ1) is 9.39. The van der Waals surface area contributed by atoms with Gasteiger partial charge in [0.05, 0.1) is 10.5 Å². The molecule has 0 radical (unpaired) electrons. The van der Waals surface area contributed by atoms with E-state index in [2.05, 4.69) is 0 Å². The van der Waals surface area contributed by atoms with E-state index in [0.717, 1.165) is 26.1 Å². The van der Waals surface area contributed by atoms with Gasteiger partial charge in [0.2, 0.25) is 10.0 Å². The van der Waals surface area contributed by atoms with Gasteiger partial charge in [0.25, 0.3) is 0 Å². The van der Waals surface area contributed by atoms with E-state index in [4.69, 9.17) is 5.11 Å². The van der Waals surface area contributed by atoms with Crippen LogP contribution in [0, 0.1) is 6.92 Å². The van der Waals surface area contributed by atoms with Gasteiger partial charge in [0, 0.05) is 7.05 Å². The fourth-order valence-electron chi connectivity index (χ4n) is 1.57. The highest BCUT2D eigenvalue weighted by atomic mass is 32.2. The molecule has 0 saturated carbocycles.